The molecule has 0 aliphatic carbocycles. The van der Waals surface area contributed by atoms with Crippen molar-refractivity contribution in [3.63, 3.8) is 0 Å². The molecule has 1 fully saturated rings. The Morgan fingerprint density at radius 2 is 1.97 bits per heavy atom. The third kappa shape index (κ3) is 6.40. The normalized spacial score (nSPS) is 20.1. The summed E-state index contributed by atoms with van der Waals surface area (Å²) in [6, 6.07) is 6.04. The van der Waals surface area contributed by atoms with Crippen molar-refractivity contribution in [3.8, 4) is 5.75 Å². The number of benzene rings is 1. The summed E-state index contributed by atoms with van der Waals surface area (Å²) in [6.07, 6.45) is 4.13. The topological polar surface area (TPSA) is 128 Å². The number of methoxy groups -OCH3 is 1. The number of fused-ring (bicyclic) bond motifs is 1. The Kier molecular flexibility index (Phi) is 10.4. The molecule has 3 atom stereocenters. The predicted octanol–water partition coefficient (Wildman–Crippen LogP) is -2.47. The molecule has 3 amide bonds. The van der Waals surface area contributed by atoms with Gasteiger partial charge in [-0.1, -0.05) is 18.2 Å². The van der Waals surface area contributed by atoms with Crippen LogP contribution in [-0.2, 0) is 30.5 Å². The van der Waals surface area contributed by atoms with Crippen LogP contribution < -0.4 is 39.8 Å². The number of nitrogens with two attached hydrogens (primary N) is 1. The van der Waals surface area contributed by atoms with Gasteiger partial charge >= 0.3 is 5.97 Å². The van der Waals surface area contributed by atoms with Crippen LogP contribution in [0.1, 0.15) is 12.5 Å². The van der Waals surface area contributed by atoms with Gasteiger partial charge in [0.2, 0.25) is 6.41 Å². The molecule has 3 rings (SSSR count). The van der Waals surface area contributed by atoms with Gasteiger partial charge in [0.1, 0.15) is 29.5 Å². The van der Waals surface area contributed by atoms with E-state index >= 15 is 0 Å². The van der Waals surface area contributed by atoms with Crippen molar-refractivity contribution in [2.24, 2.45) is 5.73 Å². The average Bonchev–Trinajstić information content (AvgIpc) is 2.84. The molecule has 2 aliphatic heterocycles. The highest BCUT2D eigenvalue weighted by Gasteiger charge is 2.53. The Morgan fingerprint density at radius 1 is 1.31 bits per heavy atom. The van der Waals surface area contributed by atoms with Crippen LogP contribution in [0.15, 0.2) is 47.7 Å². The van der Waals surface area contributed by atoms with Crippen molar-refractivity contribution in [1.82, 2.24) is 10.2 Å². The Balaban J connectivity index is 0.00000456. The minimum absolute atomic E-state index is 0. The minimum Gasteiger partial charge on any atom is -1.00 e. The molecule has 0 radical (unpaired) electrons. The van der Waals surface area contributed by atoms with Crippen LogP contribution in [0.5, 0.6) is 5.75 Å². The first-order valence-electron chi connectivity index (χ1n) is 11.1. The second-order valence-corrected chi connectivity index (χ2v) is 10.0. The third-order valence-corrected chi connectivity index (χ3v) is 7.63. The van der Waals surface area contributed by atoms with Crippen LogP contribution in [0.4, 0.5) is 0 Å². The third-order valence-electron chi connectivity index (χ3n) is 6.32. The number of ether oxygens (including phenoxy) is 2. The van der Waals surface area contributed by atoms with E-state index in [1.807, 2.05) is 20.2 Å². The number of nitrogens with one attached hydrogen (secondary N) is 1. The maximum absolute atomic E-state index is 13.2. The Morgan fingerprint density at radius 3 is 2.56 bits per heavy atom. The summed E-state index contributed by atoms with van der Waals surface area (Å²) in [6.45, 7) is 2.27. The maximum Gasteiger partial charge on any atom is 0.355 e. The summed E-state index contributed by atoms with van der Waals surface area (Å²) in [5, 5.41) is 2.14. The van der Waals surface area contributed by atoms with Gasteiger partial charge in [-0.3, -0.25) is 19.3 Å². The lowest BCUT2D eigenvalue weighted by atomic mass is 10.0. The van der Waals surface area contributed by atoms with Gasteiger partial charge in [-0.25, -0.2) is 4.79 Å². The van der Waals surface area contributed by atoms with E-state index in [0.29, 0.717) is 34.5 Å². The molecule has 1 aromatic rings. The lowest BCUT2D eigenvalue weighted by Crippen LogP contribution is -3.00. The number of carbonyl (C=O) groups is 4. The number of rotatable bonds is 11. The Labute approximate surface area is 231 Å². The van der Waals surface area contributed by atoms with E-state index in [1.165, 1.54) is 16.7 Å². The summed E-state index contributed by atoms with van der Waals surface area (Å²) in [4.78, 5) is 49.8. The highest BCUT2D eigenvalue weighted by atomic mass is 127. The summed E-state index contributed by atoms with van der Waals surface area (Å²) >= 11 is 1.46. The second-order valence-electron chi connectivity index (χ2n) is 8.91. The molecule has 0 bridgehead atoms. The van der Waals surface area contributed by atoms with Gasteiger partial charge in [0.15, 0.2) is 6.04 Å². The van der Waals surface area contributed by atoms with Crippen LogP contribution in [0, 0.1) is 0 Å². The molecule has 0 aromatic heterocycles. The average molecular weight is 631 g/mol. The number of likely N-dealkylation sites (N-methyl/N-ethyl adjacent to an activating group) is 1. The zero-order valence-electron chi connectivity index (χ0n) is 20.6. The van der Waals surface area contributed by atoms with E-state index in [4.69, 9.17) is 15.2 Å². The highest BCUT2D eigenvalue weighted by Crippen LogP contribution is 2.41. The van der Waals surface area contributed by atoms with Crippen molar-refractivity contribution < 1.29 is 57.1 Å². The summed E-state index contributed by atoms with van der Waals surface area (Å²) in [7, 11) is 5.34. The van der Waals surface area contributed by atoms with Gasteiger partial charge in [0, 0.05) is 5.75 Å². The van der Waals surface area contributed by atoms with Crippen LogP contribution in [0.3, 0.4) is 0 Å². The van der Waals surface area contributed by atoms with E-state index in [-0.39, 0.29) is 47.6 Å². The van der Waals surface area contributed by atoms with Gasteiger partial charge in [0.05, 0.1) is 27.7 Å². The first kappa shape index (κ1) is 29.6. The quantitative estimate of drug-likeness (QED) is 0.0913. The van der Waals surface area contributed by atoms with E-state index < -0.39 is 24.0 Å². The minimum atomic E-state index is -0.681. The van der Waals surface area contributed by atoms with Gasteiger partial charge in [-0.2, -0.15) is 0 Å². The van der Waals surface area contributed by atoms with Crippen LogP contribution in [-0.4, -0.2) is 84.5 Å². The van der Waals surface area contributed by atoms with Crippen LogP contribution in [0.2, 0.25) is 0 Å². The highest BCUT2D eigenvalue weighted by molar-refractivity contribution is 8.00. The first-order valence-corrected chi connectivity index (χ1v) is 12.1. The lowest BCUT2D eigenvalue weighted by molar-refractivity contribution is -0.898. The molecule has 1 aromatic carbocycles. The van der Waals surface area contributed by atoms with Crippen molar-refractivity contribution in [3.05, 3.63) is 53.3 Å². The smallest absolute Gasteiger partial charge is 0.355 e. The Bertz CT molecular complexity index is 1060. The molecule has 0 unspecified atom stereocenters. The molecule has 36 heavy (non-hydrogen) atoms. The molecule has 2 heterocycles. The number of β-lactam (4-membered cyclic amide) rings is 1. The standard InChI is InChI=1S/C24H30N4O6S.HI/c1-15(21(25)30)28(2,3)11-5-6-17-13-35-23-19(26-14-29)22(31)27(23)20(17)24(32)34-12-16-7-9-18(33-4)10-8-16;/h5-10,14-15,19,23H,11-13H2,1-4H3,(H2-,25,26,29,30);1H/b6-5+;/t15-,19-,23+;/m1./s1. The molecule has 196 valence electrons. The molecular formula is C24H31IN4O6S. The number of allylic oxidation sites excluding steroid dienone is 1. The lowest BCUT2D eigenvalue weighted by Gasteiger charge is -2.49. The molecule has 12 heteroatoms. The number of hydrogen-bond donors (Lipinski definition) is 2. The van der Waals surface area contributed by atoms with Crippen molar-refractivity contribution in [2.45, 2.75) is 31.0 Å². The maximum atomic E-state index is 13.2. The zero-order chi connectivity index (χ0) is 25.8. The summed E-state index contributed by atoms with van der Waals surface area (Å²) < 4.78 is 11.0. The fraction of sp³-hybridized carbons (Fsp3) is 0.417. The molecule has 0 spiro atoms. The van der Waals surface area contributed by atoms with Crippen molar-refractivity contribution in [2.75, 3.05) is 33.5 Å². The molecule has 0 saturated carbocycles. The van der Waals surface area contributed by atoms with E-state index in [2.05, 4.69) is 5.32 Å². The number of halogens is 1. The van der Waals surface area contributed by atoms with Crippen molar-refractivity contribution >= 4 is 36.0 Å². The molecule has 3 N–H and O–H groups in total. The van der Waals surface area contributed by atoms with Gasteiger partial charge in [-0.15, -0.1) is 11.8 Å². The zero-order valence-corrected chi connectivity index (χ0v) is 23.6. The largest absolute Gasteiger partial charge is 1.00 e. The number of amides is 3. The number of esters is 1. The number of primary amides is 1. The fourth-order valence-corrected chi connectivity index (χ4v) is 5.09. The summed E-state index contributed by atoms with van der Waals surface area (Å²) in [5.41, 5.74) is 7.03. The van der Waals surface area contributed by atoms with Gasteiger partial charge in [-0.05, 0) is 36.3 Å². The number of hydrogen-bond acceptors (Lipinski definition) is 7. The first-order chi connectivity index (χ1) is 16.6. The van der Waals surface area contributed by atoms with Gasteiger partial charge in [0.25, 0.3) is 11.8 Å². The molecule has 10 nitrogen and oxygen atoms in total. The Hall–Kier alpha value is -2.58. The van der Waals surface area contributed by atoms with Crippen molar-refractivity contribution in [1.29, 1.82) is 0 Å². The second kappa shape index (κ2) is 12.6. The molecule has 2 aliphatic rings. The van der Waals surface area contributed by atoms with Crippen LogP contribution in [0.25, 0.3) is 0 Å². The van der Waals surface area contributed by atoms with Gasteiger partial charge < -0.3 is 49.0 Å². The SMILES string of the molecule is COc1ccc(COC(=O)C2=C(/C=C/C[N+](C)(C)[C@H](C)C(N)=O)CS[C@H]3[C@H](NC=O)C(=O)N23)cc1.[I-]. The van der Waals surface area contributed by atoms with E-state index in [0.717, 1.165) is 5.56 Å². The number of nitrogens with zero attached hydrogens (tertiary/aromatic N) is 2. The van der Waals surface area contributed by atoms with Crippen LogP contribution >= 0.6 is 11.8 Å². The molecular weight excluding hydrogens is 599 g/mol. The van der Waals surface area contributed by atoms with E-state index in [1.54, 1.807) is 44.4 Å². The fourth-order valence-electron chi connectivity index (χ4n) is 3.76. The van der Waals surface area contributed by atoms with E-state index in [9.17, 15) is 19.2 Å². The summed E-state index contributed by atoms with van der Waals surface area (Å²) in [5.74, 6) is -0.248. The number of carbonyl (C=O) groups excluding carboxylic acids is 4. The molecule has 1 saturated heterocycles. The number of quaternary nitrogens is 1. The number of thioether (sulfide) groups is 1. The monoisotopic (exact) mass is 630 g/mol. The predicted molar refractivity (Wildman–Crippen MR) is 131 cm³/mol.